The number of hydrogen-bond acceptors (Lipinski definition) is 2. The summed E-state index contributed by atoms with van der Waals surface area (Å²) in [5.41, 5.74) is 3.33. The molecule has 1 aromatic heterocycles. The molecule has 17 heavy (non-hydrogen) atoms. The monoisotopic (exact) mass is 229 g/mol. The second kappa shape index (κ2) is 4.17. The predicted octanol–water partition coefficient (Wildman–Crippen LogP) is 3.36. The summed E-state index contributed by atoms with van der Waals surface area (Å²) in [6.45, 7) is 6.22. The SMILES string of the molecule is Cc1cc2cc(C(=O)O)ccc2nc1C(C)C. The van der Waals surface area contributed by atoms with Crippen LogP contribution in [-0.2, 0) is 0 Å². The van der Waals surface area contributed by atoms with Crippen LogP contribution >= 0.6 is 0 Å². The molecule has 1 heterocycles. The van der Waals surface area contributed by atoms with Crippen molar-refractivity contribution < 1.29 is 9.90 Å². The van der Waals surface area contributed by atoms with Crippen LogP contribution < -0.4 is 0 Å². The molecule has 3 nitrogen and oxygen atoms in total. The first-order chi connectivity index (χ1) is 7.99. The lowest BCUT2D eigenvalue weighted by molar-refractivity contribution is 0.0697. The number of nitrogens with zero attached hydrogens (tertiary/aromatic N) is 1. The van der Waals surface area contributed by atoms with Crippen LogP contribution in [0.2, 0.25) is 0 Å². The summed E-state index contributed by atoms with van der Waals surface area (Å²) in [7, 11) is 0. The first kappa shape index (κ1) is 11.6. The van der Waals surface area contributed by atoms with Crippen molar-refractivity contribution in [3.63, 3.8) is 0 Å². The third-order valence-electron chi connectivity index (χ3n) is 2.84. The molecule has 0 aliphatic heterocycles. The lowest BCUT2D eigenvalue weighted by Gasteiger charge is -2.10. The van der Waals surface area contributed by atoms with Crippen LogP contribution in [0.3, 0.4) is 0 Å². The minimum atomic E-state index is -0.905. The van der Waals surface area contributed by atoms with Gasteiger partial charge in [0.2, 0.25) is 0 Å². The Balaban J connectivity index is 2.66. The fourth-order valence-corrected chi connectivity index (χ4v) is 2.01. The van der Waals surface area contributed by atoms with Crippen molar-refractivity contribution in [2.75, 3.05) is 0 Å². The number of benzene rings is 1. The summed E-state index contributed by atoms with van der Waals surface area (Å²) < 4.78 is 0. The molecule has 1 N–H and O–H groups in total. The van der Waals surface area contributed by atoms with Crippen molar-refractivity contribution in [1.29, 1.82) is 0 Å². The van der Waals surface area contributed by atoms with Crippen LogP contribution in [-0.4, -0.2) is 16.1 Å². The molecule has 0 saturated heterocycles. The van der Waals surface area contributed by atoms with E-state index in [9.17, 15) is 4.79 Å². The molecule has 0 atom stereocenters. The smallest absolute Gasteiger partial charge is 0.335 e. The van der Waals surface area contributed by atoms with E-state index in [1.165, 1.54) is 0 Å². The summed E-state index contributed by atoms with van der Waals surface area (Å²) in [6.07, 6.45) is 0. The molecule has 0 bridgehead atoms. The lowest BCUT2D eigenvalue weighted by Crippen LogP contribution is -1.99. The maximum Gasteiger partial charge on any atom is 0.335 e. The number of hydrogen-bond donors (Lipinski definition) is 1. The molecule has 2 aromatic rings. The normalized spacial score (nSPS) is 11.1. The zero-order valence-corrected chi connectivity index (χ0v) is 10.2. The van der Waals surface area contributed by atoms with Crippen molar-refractivity contribution in [3.05, 3.63) is 41.1 Å². The standard InChI is InChI=1S/C14H15NO2/c1-8(2)13-9(3)6-11-7-10(14(16)17)4-5-12(11)15-13/h4-8H,1-3H3,(H,16,17). The third-order valence-corrected chi connectivity index (χ3v) is 2.84. The highest BCUT2D eigenvalue weighted by atomic mass is 16.4. The minimum absolute atomic E-state index is 0.302. The van der Waals surface area contributed by atoms with Gasteiger partial charge in [0.05, 0.1) is 11.1 Å². The molecule has 2 rings (SSSR count). The average molecular weight is 229 g/mol. The van der Waals surface area contributed by atoms with Crippen LogP contribution in [0.1, 0.15) is 41.4 Å². The van der Waals surface area contributed by atoms with Crippen LogP contribution in [0.15, 0.2) is 24.3 Å². The van der Waals surface area contributed by atoms with Gasteiger partial charge in [0.25, 0.3) is 0 Å². The maximum atomic E-state index is 10.9. The average Bonchev–Trinajstić information content (AvgIpc) is 2.26. The largest absolute Gasteiger partial charge is 0.478 e. The number of aromatic carboxylic acids is 1. The van der Waals surface area contributed by atoms with Crippen LogP contribution in [0.5, 0.6) is 0 Å². The zero-order chi connectivity index (χ0) is 12.6. The molecule has 0 spiro atoms. The van der Waals surface area contributed by atoms with Crippen LogP contribution in [0.25, 0.3) is 10.9 Å². The van der Waals surface area contributed by atoms with Gasteiger partial charge in [-0.1, -0.05) is 13.8 Å². The molecular formula is C14H15NO2. The molecule has 0 radical (unpaired) electrons. The van der Waals surface area contributed by atoms with Crippen molar-refractivity contribution in [2.45, 2.75) is 26.7 Å². The molecular weight excluding hydrogens is 214 g/mol. The van der Waals surface area contributed by atoms with E-state index in [1.54, 1.807) is 18.2 Å². The van der Waals surface area contributed by atoms with Crippen LogP contribution in [0, 0.1) is 6.92 Å². The second-order valence-corrected chi connectivity index (χ2v) is 4.56. The predicted molar refractivity (Wildman–Crippen MR) is 67.5 cm³/mol. The quantitative estimate of drug-likeness (QED) is 0.859. The van der Waals surface area contributed by atoms with E-state index >= 15 is 0 Å². The number of carboxylic acid groups (broad SMARTS) is 1. The summed E-state index contributed by atoms with van der Waals surface area (Å²) in [4.78, 5) is 15.5. The van der Waals surface area contributed by atoms with Gasteiger partial charge in [-0.05, 0) is 42.7 Å². The molecule has 0 unspecified atom stereocenters. The highest BCUT2D eigenvalue weighted by Gasteiger charge is 2.09. The fourth-order valence-electron chi connectivity index (χ4n) is 2.01. The van der Waals surface area contributed by atoms with Gasteiger partial charge in [-0.15, -0.1) is 0 Å². The van der Waals surface area contributed by atoms with Crippen molar-refractivity contribution in [1.82, 2.24) is 4.98 Å². The van der Waals surface area contributed by atoms with Gasteiger partial charge < -0.3 is 5.11 Å². The summed E-state index contributed by atoms with van der Waals surface area (Å²) >= 11 is 0. The Kier molecular flexibility index (Phi) is 2.84. The Morgan fingerprint density at radius 3 is 2.59 bits per heavy atom. The molecule has 3 heteroatoms. The highest BCUT2D eigenvalue weighted by molar-refractivity contribution is 5.93. The van der Waals surface area contributed by atoms with E-state index < -0.39 is 5.97 Å². The Morgan fingerprint density at radius 2 is 2.00 bits per heavy atom. The van der Waals surface area contributed by atoms with Gasteiger partial charge in [0.1, 0.15) is 0 Å². The number of carbonyl (C=O) groups is 1. The van der Waals surface area contributed by atoms with E-state index in [0.717, 1.165) is 22.2 Å². The number of rotatable bonds is 2. The van der Waals surface area contributed by atoms with Gasteiger partial charge >= 0.3 is 5.97 Å². The summed E-state index contributed by atoms with van der Waals surface area (Å²) in [5.74, 6) is -0.531. The van der Waals surface area contributed by atoms with Gasteiger partial charge in [-0.3, -0.25) is 4.98 Å². The molecule has 0 aliphatic carbocycles. The van der Waals surface area contributed by atoms with E-state index in [0.29, 0.717) is 11.5 Å². The Hall–Kier alpha value is -1.90. The minimum Gasteiger partial charge on any atom is -0.478 e. The first-order valence-electron chi connectivity index (χ1n) is 5.63. The van der Waals surface area contributed by atoms with Crippen molar-refractivity contribution in [2.24, 2.45) is 0 Å². The van der Waals surface area contributed by atoms with Crippen LogP contribution in [0.4, 0.5) is 0 Å². The van der Waals surface area contributed by atoms with E-state index in [2.05, 4.69) is 18.8 Å². The number of pyridine rings is 1. The molecule has 0 saturated carbocycles. The summed E-state index contributed by atoms with van der Waals surface area (Å²) in [6, 6.07) is 7.03. The van der Waals surface area contributed by atoms with Gasteiger partial charge in [-0.25, -0.2) is 4.79 Å². The van der Waals surface area contributed by atoms with Gasteiger partial charge in [0, 0.05) is 11.1 Å². The van der Waals surface area contributed by atoms with Crippen molar-refractivity contribution >= 4 is 16.9 Å². The molecule has 1 aromatic carbocycles. The van der Waals surface area contributed by atoms with E-state index in [4.69, 9.17) is 5.11 Å². The highest BCUT2D eigenvalue weighted by Crippen LogP contribution is 2.22. The fraction of sp³-hybridized carbons (Fsp3) is 0.286. The molecule has 0 amide bonds. The number of fused-ring (bicyclic) bond motifs is 1. The van der Waals surface area contributed by atoms with Crippen molar-refractivity contribution in [3.8, 4) is 0 Å². The maximum absolute atomic E-state index is 10.9. The topological polar surface area (TPSA) is 50.2 Å². The Morgan fingerprint density at radius 1 is 1.29 bits per heavy atom. The van der Waals surface area contributed by atoms with E-state index in [-0.39, 0.29) is 0 Å². The zero-order valence-electron chi connectivity index (χ0n) is 10.2. The summed E-state index contributed by atoms with van der Waals surface area (Å²) in [5, 5.41) is 9.82. The van der Waals surface area contributed by atoms with Gasteiger partial charge in [0.15, 0.2) is 0 Å². The first-order valence-corrected chi connectivity index (χ1v) is 5.63. The van der Waals surface area contributed by atoms with Gasteiger partial charge in [-0.2, -0.15) is 0 Å². The lowest BCUT2D eigenvalue weighted by atomic mass is 10.0. The molecule has 88 valence electrons. The Labute approximate surface area is 100 Å². The van der Waals surface area contributed by atoms with E-state index in [1.807, 2.05) is 13.0 Å². The third kappa shape index (κ3) is 2.13. The molecule has 0 fully saturated rings. The molecule has 0 aliphatic rings. The second-order valence-electron chi connectivity index (χ2n) is 4.56. The number of carboxylic acids is 1. The number of aromatic nitrogens is 1. The Bertz CT molecular complexity index is 588. The number of aryl methyl sites for hydroxylation is 1.